The van der Waals surface area contributed by atoms with Crippen molar-refractivity contribution in [3.63, 3.8) is 0 Å². The fraction of sp³-hybridized carbons (Fsp3) is 0.417. The van der Waals surface area contributed by atoms with Crippen molar-refractivity contribution in [2.45, 2.75) is 19.3 Å². The van der Waals surface area contributed by atoms with E-state index in [-0.39, 0.29) is 11.7 Å². The van der Waals surface area contributed by atoms with E-state index in [9.17, 15) is 14.3 Å². The summed E-state index contributed by atoms with van der Waals surface area (Å²) in [4.78, 5) is 11.2. The van der Waals surface area contributed by atoms with E-state index in [1.165, 1.54) is 12.1 Å². The Morgan fingerprint density at radius 3 is 3.00 bits per heavy atom. The van der Waals surface area contributed by atoms with Gasteiger partial charge in [-0.25, -0.2) is 4.39 Å². The van der Waals surface area contributed by atoms with Crippen molar-refractivity contribution < 1.29 is 14.3 Å². The van der Waals surface area contributed by atoms with Crippen LogP contribution >= 0.6 is 0 Å². The summed E-state index contributed by atoms with van der Waals surface area (Å²) in [6, 6.07) is 4.24. The first-order valence-corrected chi connectivity index (χ1v) is 5.39. The molecular formula is C12H14FNO2. The molecule has 0 saturated heterocycles. The van der Waals surface area contributed by atoms with Crippen molar-refractivity contribution in [3.05, 3.63) is 29.6 Å². The third-order valence-corrected chi connectivity index (χ3v) is 3.17. The number of aliphatic carboxylic acids is 1. The SMILES string of the molecule is CCC1CNc2cc(F)ccc2C1C(=O)O. The highest BCUT2D eigenvalue weighted by Crippen LogP contribution is 2.37. The van der Waals surface area contributed by atoms with Gasteiger partial charge in [0.05, 0.1) is 5.92 Å². The van der Waals surface area contributed by atoms with Gasteiger partial charge in [0, 0.05) is 12.2 Å². The van der Waals surface area contributed by atoms with Crippen LogP contribution in [0.4, 0.5) is 10.1 Å². The minimum Gasteiger partial charge on any atom is -0.481 e. The minimum atomic E-state index is -0.832. The molecule has 0 radical (unpaired) electrons. The summed E-state index contributed by atoms with van der Waals surface area (Å²) in [5.74, 6) is -1.64. The molecule has 1 aromatic carbocycles. The van der Waals surface area contributed by atoms with Crippen LogP contribution in [-0.4, -0.2) is 17.6 Å². The molecule has 0 saturated carbocycles. The second-order valence-corrected chi connectivity index (χ2v) is 4.10. The molecule has 1 aliphatic rings. The zero-order valence-electron chi connectivity index (χ0n) is 9.03. The molecule has 0 amide bonds. The van der Waals surface area contributed by atoms with E-state index in [1.807, 2.05) is 6.92 Å². The average Bonchev–Trinajstić information content (AvgIpc) is 2.26. The molecule has 3 nitrogen and oxygen atoms in total. The Bertz CT molecular complexity index is 419. The molecule has 1 aromatic rings. The lowest BCUT2D eigenvalue weighted by Crippen LogP contribution is -2.32. The minimum absolute atomic E-state index is 0.0652. The molecule has 1 heterocycles. The summed E-state index contributed by atoms with van der Waals surface area (Å²) in [6.45, 7) is 2.56. The highest BCUT2D eigenvalue weighted by Gasteiger charge is 2.33. The summed E-state index contributed by atoms with van der Waals surface area (Å²) in [5, 5.41) is 12.3. The number of fused-ring (bicyclic) bond motifs is 1. The summed E-state index contributed by atoms with van der Waals surface area (Å²) >= 11 is 0. The van der Waals surface area contributed by atoms with Gasteiger partial charge in [-0.2, -0.15) is 0 Å². The Morgan fingerprint density at radius 2 is 2.38 bits per heavy atom. The van der Waals surface area contributed by atoms with E-state index in [1.54, 1.807) is 6.07 Å². The Labute approximate surface area is 93.3 Å². The molecule has 86 valence electrons. The first-order chi connectivity index (χ1) is 7.63. The summed E-state index contributed by atoms with van der Waals surface area (Å²) < 4.78 is 13.0. The van der Waals surface area contributed by atoms with Gasteiger partial charge in [0.15, 0.2) is 0 Å². The highest BCUT2D eigenvalue weighted by molar-refractivity contribution is 5.80. The number of carboxylic acids is 1. The lowest BCUT2D eigenvalue weighted by atomic mass is 9.81. The number of benzene rings is 1. The predicted molar refractivity (Wildman–Crippen MR) is 59.0 cm³/mol. The maximum Gasteiger partial charge on any atom is 0.311 e. The monoisotopic (exact) mass is 223 g/mol. The summed E-state index contributed by atoms with van der Waals surface area (Å²) in [5.41, 5.74) is 1.30. The molecule has 2 rings (SSSR count). The molecule has 0 aliphatic carbocycles. The molecule has 0 bridgehead atoms. The number of anilines is 1. The zero-order chi connectivity index (χ0) is 11.7. The number of carbonyl (C=O) groups is 1. The number of rotatable bonds is 2. The average molecular weight is 223 g/mol. The molecule has 16 heavy (non-hydrogen) atoms. The first kappa shape index (κ1) is 10.9. The molecule has 4 heteroatoms. The van der Waals surface area contributed by atoms with E-state index in [2.05, 4.69) is 5.32 Å². The van der Waals surface area contributed by atoms with E-state index in [0.717, 1.165) is 6.42 Å². The van der Waals surface area contributed by atoms with Crippen molar-refractivity contribution in [1.29, 1.82) is 0 Å². The van der Waals surface area contributed by atoms with Crippen LogP contribution in [0, 0.1) is 11.7 Å². The van der Waals surface area contributed by atoms with Crippen LogP contribution in [0.5, 0.6) is 0 Å². The number of carboxylic acid groups (broad SMARTS) is 1. The van der Waals surface area contributed by atoms with Gasteiger partial charge in [-0.05, 0) is 23.6 Å². The van der Waals surface area contributed by atoms with Crippen LogP contribution in [0.25, 0.3) is 0 Å². The van der Waals surface area contributed by atoms with E-state index in [0.29, 0.717) is 17.8 Å². The Balaban J connectivity index is 2.45. The van der Waals surface area contributed by atoms with E-state index < -0.39 is 11.9 Å². The van der Waals surface area contributed by atoms with Gasteiger partial charge >= 0.3 is 5.97 Å². The Morgan fingerprint density at radius 1 is 1.62 bits per heavy atom. The maximum atomic E-state index is 13.0. The van der Waals surface area contributed by atoms with Gasteiger partial charge in [0.25, 0.3) is 0 Å². The van der Waals surface area contributed by atoms with Crippen LogP contribution in [0.15, 0.2) is 18.2 Å². The van der Waals surface area contributed by atoms with Gasteiger partial charge in [0.1, 0.15) is 5.82 Å². The molecule has 2 atom stereocenters. The topological polar surface area (TPSA) is 49.3 Å². The standard InChI is InChI=1S/C12H14FNO2/c1-2-7-6-14-10-5-8(13)3-4-9(10)11(7)12(15)16/h3-5,7,11,14H,2,6H2,1H3,(H,15,16). The number of hydrogen-bond acceptors (Lipinski definition) is 2. The van der Waals surface area contributed by atoms with Crippen molar-refractivity contribution >= 4 is 11.7 Å². The van der Waals surface area contributed by atoms with Crippen molar-refractivity contribution in [2.24, 2.45) is 5.92 Å². The van der Waals surface area contributed by atoms with Crippen LogP contribution in [0.3, 0.4) is 0 Å². The molecule has 0 aromatic heterocycles. The Hall–Kier alpha value is -1.58. The van der Waals surface area contributed by atoms with Gasteiger partial charge in [0.2, 0.25) is 0 Å². The first-order valence-electron chi connectivity index (χ1n) is 5.39. The quantitative estimate of drug-likeness (QED) is 0.809. The van der Waals surface area contributed by atoms with Crippen LogP contribution in [0.1, 0.15) is 24.8 Å². The normalized spacial score (nSPS) is 23.4. The molecule has 0 fully saturated rings. The van der Waals surface area contributed by atoms with Crippen molar-refractivity contribution in [3.8, 4) is 0 Å². The summed E-state index contributed by atoms with van der Waals surface area (Å²) in [7, 11) is 0. The smallest absolute Gasteiger partial charge is 0.311 e. The van der Waals surface area contributed by atoms with Crippen molar-refractivity contribution in [2.75, 3.05) is 11.9 Å². The van der Waals surface area contributed by atoms with Crippen LogP contribution in [-0.2, 0) is 4.79 Å². The fourth-order valence-electron chi connectivity index (χ4n) is 2.28. The Kier molecular flexibility index (Phi) is 2.81. The molecular weight excluding hydrogens is 209 g/mol. The lowest BCUT2D eigenvalue weighted by molar-refractivity contribution is -0.140. The largest absolute Gasteiger partial charge is 0.481 e. The van der Waals surface area contributed by atoms with Gasteiger partial charge in [-0.1, -0.05) is 19.4 Å². The van der Waals surface area contributed by atoms with Crippen LogP contribution < -0.4 is 5.32 Å². The van der Waals surface area contributed by atoms with Crippen LogP contribution in [0.2, 0.25) is 0 Å². The second kappa shape index (κ2) is 4.12. The number of nitrogens with one attached hydrogen (secondary N) is 1. The molecule has 1 aliphatic heterocycles. The maximum absolute atomic E-state index is 13.0. The van der Waals surface area contributed by atoms with Crippen molar-refractivity contribution in [1.82, 2.24) is 0 Å². The fourth-order valence-corrected chi connectivity index (χ4v) is 2.28. The van der Waals surface area contributed by atoms with E-state index in [4.69, 9.17) is 0 Å². The summed E-state index contributed by atoms with van der Waals surface area (Å²) in [6.07, 6.45) is 0.792. The highest BCUT2D eigenvalue weighted by atomic mass is 19.1. The van der Waals surface area contributed by atoms with E-state index >= 15 is 0 Å². The molecule has 0 spiro atoms. The number of halogens is 1. The third kappa shape index (κ3) is 1.75. The molecule has 2 unspecified atom stereocenters. The third-order valence-electron chi connectivity index (χ3n) is 3.17. The van der Waals surface area contributed by atoms with Gasteiger partial charge in [-0.3, -0.25) is 4.79 Å². The lowest BCUT2D eigenvalue weighted by Gasteiger charge is -2.31. The predicted octanol–water partition coefficient (Wildman–Crippen LogP) is 2.45. The van der Waals surface area contributed by atoms with Gasteiger partial charge < -0.3 is 10.4 Å². The van der Waals surface area contributed by atoms with Gasteiger partial charge in [-0.15, -0.1) is 0 Å². The second-order valence-electron chi connectivity index (χ2n) is 4.10. The molecule has 2 N–H and O–H groups in total. The number of hydrogen-bond donors (Lipinski definition) is 2. The zero-order valence-corrected chi connectivity index (χ0v) is 9.03.